The number of ether oxygens (including phenoxy) is 1. The molecule has 1 aromatic rings. The van der Waals surface area contributed by atoms with Gasteiger partial charge in [0.1, 0.15) is 6.54 Å². The van der Waals surface area contributed by atoms with E-state index >= 15 is 0 Å². The van der Waals surface area contributed by atoms with Crippen molar-refractivity contribution in [2.45, 2.75) is 46.7 Å². The number of esters is 1. The molecule has 0 bridgehead atoms. The van der Waals surface area contributed by atoms with Crippen molar-refractivity contribution in [2.75, 3.05) is 26.2 Å². The maximum atomic E-state index is 11.6. The van der Waals surface area contributed by atoms with Crippen molar-refractivity contribution in [1.29, 1.82) is 0 Å². The molecule has 0 spiro atoms. The third-order valence-corrected chi connectivity index (χ3v) is 4.54. The van der Waals surface area contributed by atoms with Crippen LogP contribution in [0.1, 0.15) is 36.7 Å². The van der Waals surface area contributed by atoms with Crippen LogP contribution >= 0.6 is 12.4 Å². The summed E-state index contributed by atoms with van der Waals surface area (Å²) in [6.07, 6.45) is 2.34. The van der Waals surface area contributed by atoms with Gasteiger partial charge < -0.3 is 10.5 Å². The van der Waals surface area contributed by atoms with E-state index in [1.54, 1.807) is 4.68 Å². The molecule has 2 rings (SSSR count). The quantitative estimate of drug-likeness (QED) is 0.794. The first kappa shape index (κ1) is 19.9. The van der Waals surface area contributed by atoms with E-state index in [-0.39, 0.29) is 24.9 Å². The van der Waals surface area contributed by atoms with E-state index in [2.05, 4.69) is 10.00 Å². The van der Waals surface area contributed by atoms with Crippen LogP contribution in [0.5, 0.6) is 0 Å². The van der Waals surface area contributed by atoms with E-state index in [0.717, 1.165) is 37.6 Å². The fourth-order valence-electron chi connectivity index (χ4n) is 3.05. The van der Waals surface area contributed by atoms with Crippen LogP contribution in [0.4, 0.5) is 0 Å². The van der Waals surface area contributed by atoms with Gasteiger partial charge in [0.15, 0.2) is 0 Å². The minimum atomic E-state index is -0.233. The third-order valence-electron chi connectivity index (χ3n) is 4.54. The first-order valence-electron chi connectivity index (χ1n) is 8.16. The van der Waals surface area contributed by atoms with Crippen molar-refractivity contribution in [3.8, 4) is 0 Å². The average molecular weight is 345 g/mol. The summed E-state index contributed by atoms with van der Waals surface area (Å²) in [7, 11) is 0. The fraction of sp³-hybridized carbons (Fsp3) is 0.750. The largest absolute Gasteiger partial charge is 0.465 e. The van der Waals surface area contributed by atoms with E-state index in [1.807, 2.05) is 20.8 Å². The molecule has 0 aliphatic carbocycles. The Kier molecular flexibility index (Phi) is 8.02. The first-order valence-corrected chi connectivity index (χ1v) is 8.16. The monoisotopic (exact) mass is 344 g/mol. The molecule has 0 amide bonds. The molecule has 0 atom stereocenters. The first-order chi connectivity index (χ1) is 10.5. The predicted molar refractivity (Wildman–Crippen MR) is 92.6 cm³/mol. The lowest BCUT2D eigenvalue weighted by atomic mass is 9.96. The van der Waals surface area contributed by atoms with Gasteiger partial charge in [-0.05, 0) is 59.2 Å². The van der Waals surface area contributed by atoms with E-state index in [4.69, 9.17) is 10.5 Å². The van der Waals surface area contributed by atoms with Crippen LogP contribution < -0.4 is 5.73 Å². The summed E-state index contributed by atoms with van der Waals surface area (Å²) in [6.45, 7) is 10.3. The molecule has 2 N–H and O–H groups in total. The zero-order valence-corrected chi connectivity index (χ0v) is 15.2. The molecule has 2 heterocycles. The number of hydrogen-bond donors (Lipinski definition) is 1. The van der Waals surface area contributed by atoms with Crippen LogP contribution in [-0.2, 0) is 22.6 Å². The van der Waals surface area contributed by atoms with Crippen LogP contribution in [0.3, 0.4) is 0 Å². The molecule has 6 nitrogen and oxygen atoms in total. The van der Waals surface area contributed by atoms with Gasteiger partial charge in [-0.15, -0.1) is 12.4 Å². The SMILES string of the molecule is CCOC(=O)Cn1nc(C)c(CN2CCC(CN)CC2)c1C.Cl. The Bertz CT molecular complexity index is 510. The van der Waals surface area contributed by atoms with Gasteiger partial charge in [0.05, 0.1) is 12.3 Å². The molecule has 1 fully saturated rings. The molecule has 1 saturated heterocycles. The predicted octanol–water partition coefficient (Wildman–Crippen LogP) is 1.66. The lowest BCUT2D eigenvalue weighted by Crippen LogP contribution is -2.35. The van der Waals surface area contributed by atoms with Gasteiger partial charge in [-0.25, -0.2) is 0 Å². The summed E-state index contributed by atoms with van der Waals surface area (Å²) in [5, 5.41) is 4.50. The Hall–Kier alpha value is -1.11. The summed E-state index contributed by atoms with van der Waals surface area (Å²) in [5.41, 5.74) is 9.04. The number of aryl methyl sites for hydroxylation is 1. The number of nitrogens with two attached hydrogens (primary N) is 1. The number of nitrogens with zero attached hydrogens (tertiary/aromatic N) is 3. The highest BCUT2D eigenvalue weighted by Crippen LogP contribution is 2.21. The van der Waals surface area contributed by atoms with E-state index < -0.39 is 0 Å². The molecule has 0 aromatic carbocycles. The molecular weight excluding hydrogens is 316 g/mol. The van der Waals surface area contributed by atoms with E-state index in [1.165, 1.54) is 18.4 Å². The maximum Gasteiger partial charge on any atom is 0.327 e. The molecule has 7 heteroatoms. The highest BCUT2D eigenvalue weighted by atomic mass is 35.5. The average Bonchev–Trinajstić information content (AvgIpc) is 2.76. The number of halogens is 1. The summed E-state index contributed by atoms with van der Waals surface area (Å²) < 4.78 is 6.76. The summed E-state index contributed by atoms with van der Waals surface area (Å²) in [5.74, 6) is 0.438. The number of rotatable bonds is 6. The van der Waals surface area contributed by atoms with Crippen molar-refractivity contribution in [2.24, 2.45) is 11.7 Å². The number of carbonyl (C=O) groups is 1. The van der Waals surface area contributed by atoms with Gasteiger partial charge >= 0.3 is 5.97 Å². The zero-order chi connectivity index (χ0) is 16.1. The maximum absolute atomic E-state index is 11.6. The number of aromatic nitrogens is 2. The Balaban J connectivity index is 0.00000264. The summed E-state index contributed by atoms with van der Waals surface area (Å²) in [4.78, 5) is 14.1. The lowest BCUT2D eigenvalue weighted by Gasteiger charge is -2.31. The highest BCUT2D eigenvalue weighted by molar-refractivity contribution is 5.85. The van der Waals surface area contributed by atoms with Crippen molar-refractivity contribution in [3.05, 3.63) is 17.0 Å². The standard InChI is InChI=1S/C16H28N4O2.ClH/c1-4-22-16(21)11-20-13(3)15(12(2)18-20)10-19-7-5-14(9-17)6-8-19;/h14H,4-11,17H2,1-3H3;1H. The number of hydrogen-bond acceptors (Lipinski definition) is 5. The molecule has 1 aromatic heterocycles. The van der Waals surface area contributed by atoms with Crippen molar-refractivity contribution in [1.82, 2.24) is 14.7 Å². The Morgan fingerprint density at radius 1 is 1.35 bits per heavy atom. The molecule has 132 valence electrons. The van der Waals surface area contributed by atoms with Gasteiger partial charge in [0, 0.05) is 17.8 Å². The summed E-state index contributed by atoms with van der Waals surface area (Å²) in [6, 6.07) is 0. The van der Waals surface area contributed by atoms with E-state index in [0.29, 0.717) is 12.5 Å². The van der Waals surface area contributed by atoms with Crippen LogP contribution in [0.25, 0.3) is 0 Å². The van der Waals surface area contributed by atoms with Gasteiger partial charge in [-0.1, -0.05) is 0 Å². The van der Waals surface area contributed by atoms with Crippen molar-refractivity contribution >= 4 is 18.4 Å². The smallest absolute Gasteiger partial charge is 0.327 e. The van der Waals surface area contributed by atoms with Gasteiger partial charge in [0.25, 0.3) is 0 Å². The van der Waals surface area contributed by atoms with E-state index in [9.17, 15) is 4.79 Å². The van der Waals surface area contributed by atoms with Crippen LogP contribution in [0, 0.1) is 19.8 Å². The molecule has 0 radical (unpaired) electrons. The minimum absolute atomic E-state index is 0. The molecule has 23 heavy (non-hydrogen) atoms. The van der Waals surface area contributed by atoms with Gasteiger partial charge in [-0.3, -0.25) is 14.4 Å². The number of likely N-dealkylation sites (tertiary alicyclic amines) is 1. The van der Waals surface area contributed by atoms with Crippen LogP contribution in [0.15, 0.2) is 0 Å². The fourth-order valence-corrected chi connectivity index (χ4v) is 3.05. The number of piperidine rings is 1. The van der Waals surface area contributed by atoms with Crippen LogP contribution in [0.2, 0.25) is 0 Å². The Labute approximate surface area is 144 Å². The topological polar surface area (TPSA) is 73.4 Å². The van der Waals surface area contributed by atoms with Gasteiger partial charge in [-0.2, -0.15) is 5.10 Å². The van der Waals surface area contributed by atoms with Crippen molar-refractivity contribution < 1.29 is 9.53 Å². The molecule has 0 unspecified atom stereocenters. The molecular formula is C16H29ClN4O2. The second-order valence-electron chi connectivity index (χ2n) is 6.07. The zero-order valence-electron chi connectivity index (χ0n) is 14.4. The molecule has 1 aliphatic rings. The number of carbonyl (C=O) groups excluding carboxylic acids is 1. The third kappa shape index (κ3) is 5.19. The Morgan fingerprint density at radius 3 is 2.57 bits per heavy atom. The summed E-state index contributed by atoms with van der Waals surface area (Å²) >= 11 is 0. The Morgan fingerprint density at radius 2 is 2.00 bits per heavy atom. The normalized spacial score (nSPS) is 16.2. The molecule has 1 aliphatic heterocycles. The second kappa shape index (κ2) is 9.25. The van der Waals surface area contributed by atoms with Crippen LogP contribution in [-0.4, -0.2) is 46.9 Å². The second-order valence-corrected chi connectivity index (χ2v) is 6.07. The minimum Gasteiger partial charge on any atom is -0.465 e. The van der Waals surface area contributed by atoms with Gasteiger partial charge in [0.2, 0.25) is 0 Å². The van der Waals surface area contributed by atoms with Crippen molar-refractivity contribution in [3.63, 3.8) is 0 Å². The lowest BCUT2D eigenvalue weighted by molar-refractivity contribution is -0.144. The molecule has 0 saturated carbocycles. The highest BCUT2D eigenvalue weighted by Gasteiger charge is 2.21.